The van der Waals surface area contributed by atoms with Gasteiger partial charge in [-0.1, -0.05) is 72.8 Å². The Morgan fingerprint density at radius 3 is 0.852 bits per heavy atom. The molecule has 6 aromatic carbocycles. The maximum absolute atomic E-state index is 11.1. The van der Waals surface area contributed by atoms with Gasteiger partial charge in [0.2, 0.25) is 5.91 Å². The number of nitrogens with one attached hydrogen (secondary N) is 4. The van der Waals surface area contributed by atoms with Crippen LogP contribution in [0.3, 0.4) is 0 Å². The van der Waals surface area contributed by atoms with E-state index in [4.69, 9.17) is 72.6 Å². The van der Waals surface area contributed by atoms with Gasteiger partial charge in [0.15, 0.2) is 0 Å². The predicted octanol–water partition coefficient (Wildman–Crippen LogP) is -3.16. The number of carbonyl (C=O) groups is 3. The summed E-state index contributed by atoms with van der Waals surface area (Å²) >= 11 is 0. The molecule has 0 aromatic heterocycles. The largest absolute Gasteiger partial charge is 0.480 e. The number of methoxy groups -OCH3 is 1. The molecule has 0 bridgehead atoms. The number of non-ortho nitro benzene ring substituents is 6. The average molecular weight is 1900 g/mol. The molecule has 1 fully saturated rings. The summed E-state index contributed by atoms with van der Waals surface area (Å²) in [7, 11) is -0.482. The number of aliphatic carboxylic acids is 1. The van der Waals surface area contributed by atoms with Gasteiger partial charge in [-0.25, -0.2) is 0 Å². The van der Waals surface area contributed by atoms with E-state index in [2.05, 4.69) is 45.2 Å². The highest BCUT2D eigenvalue weighted by Crippen LogP contribution is 2.21. The van der Waals surface area contributed by atoms with Gasteiger partial charge < -0.3 is 129 Å². The summed E-state index contributed by atoms with van der Waals surface area (Å²) in [6, 6.07) is 34.6. The molecular formula is C79H139B7N26O23. The second-order valence-electron chi connectivity index (χ2n) is 30.2. The number of nitro groups is 6. The van der Waals surface area contributed by atoms with Crippen molar-refractivity contribution in [2.45, 2.75) is 109 Å². The molecule has 0 saturated carbocycles. The van der Waals surface area contributed by atoms with E-state index in [0.717, 1.165) is 87.2 Å². The van der Waals surface area contributed by atoms with Crippen LogP contribution in [0.25, 0.3) is 0 Å². The fraction of sp³-hybridized carbons (Fsp3) is 0.506. The Morgan fingerprint density at radius 2 is 0.637 bits per heavy atom. The van der Waals surface area contributed by atoms with Gasteiger partial charge in [-0.3, -0.25) is 94.7 Å². The fourth-order valence-corrected chi connectivity index (χ4v) is 12.2. The minimum absolute atomic E-state index is 0. The zero-order valence-electron chi connectivity index (χ0n) is 78.0. The van der Waals surface area contributed by atoms with Crippen molar-refractivity contribution < 1.29 is 84.0 Å². The Labute approximate surface area is 793 Å². The zero-order chi connectivity index (χ0) is 100.0. The molecule has 1 aliphatic heterocycles. The molecule has 1 heterocycles. The third-order valence-corrected chi connectivity index (χ3v) is 19.3. The van der Waals surface area contributed by atoms with Crippen LogP contribution in [-0.2, 0) is 57.6 Å². The van der Waals surface area contributed by atoms with Gasteiger partial charge in [0, 0.05) is 226 Å². The highest BCUT2D eigenvalue weighted by atomic mass is 16.6. The van der Waals surface area contributed by atoms with Gasteiger partial charge in [0.05, 0.1) is 42.7 Å². The summed E-state index contributed by atoms with van der Waals surface area (Å²) in [5.41, 5.74) is 60.7. The molecule has 34 N–H and O–H groups in total. The van der Waals surface area contributed by atoms with Gasteiger partial charge in [0.25, 0.3) is 34.1 Å². The Morgan fingerprint density at radius 1 is 0.400 bits per heavy atom. The summed E-state index contributed by atoms with van der Waals surface area (Å²) < 4.78 is 4.47. The summed E-state index contributed by atoms with van der Waals surface area (Å²) in [5.74, 6) is -2.18. The number of esters is 1. The monoisotopic (exact) mass is 1900 g/mol. The molecule has 6 atom stereocenters. The number of carbonyl (C=O) groups excluding carboxylic acids is 2. The number of hydrogen-bond donors (Lipinski definition) is 22. The Bertz CT molecular complexity index is 4100. The first-order valence-electron chi connectivity index (χ1n) is 42.5. The molecule has 7 rings (SSSR count). The van der Waals surface area contributed by atoms with Crippen molar-refractivity contribution in [1.82, 2.24) is 51.5 Å². The second kappa shape index (κ2) is 75.7. The number of benzene rings is 6. The number of ether oxygens (including phenoxy) is 1. The molecule has 135 heavy (non-hydrogen) atoms. The maximum atomic E-state index is 11.1. The minimum atomic E-state index is -1.09. The Kier molecular flexibility index (Phi) is 73.4. The molecule has 1 saturated heterocycles. The van der Waals surface area contributed by atoms with Crippen molar-refractivity contribution in [1.29, 1.82) is 0 Å². The lowest BCUT2D eigenvalue weighted by molar-refractivity contribution is -0.385. The quantitative estimate of drug-likeness (QED) is 0.00589. The number of aliphatic hydroxyl groups is 1. The van der Waals surface area contributed by atoms with Crippen LogP contribution in [0.2, 0.25) is 34.1 Å². The van der Waals surface area contributed by atoms with E-state index < -0.39 is 88.8 Å². The number of primary amides is 1. The van der Waals surface area contributed by atoms with Gasteiger partial charge in [-0.05, 0) is 132 Å². The lowest BCUT2D eigenvalue weighted by atomic mass is 9.89. The van der Waals surface area contributed by atoms with Crippen LogP contribution in [0.4, 0.5) is 34.1 Å². The lowest BCUT2D eigenvalue weighted by Crippen LogP contribution is -2.53. The SMILES string of the molecule is CB(O)N1CC1.CB(O)NCCN(CCNB(C)O)CC(Cc1ccc([N+](=O)[O-])cc1)N(CCNB(C)O)CCNB(C)O.CO.COC(=O)C(N)Cc1ccc([N+](=O)[O-])cc1.N.NC(=O)C(N)Cc1ccc([N+](=O)[O-])cc1.NC(Cc1ccc([N+](=O)[O-])cc1)C(=O)O.NCC(N)Cc1ccc([N+](=O)[O-])cc1.NCCN(CCN)CC(Cc1ccc([N+](=O)[O-])cc1)N(CCN)CCN.[B].[B]. The number of hydrogen-bond acceptors (Lipinski definition) is 41. The van der Waals surface area contributed by atoms with Crippen molar-refractivity contribution in [3.63, 3.8) is 0 Å². The van der Waals surface area contributed by atoms with E-state index in [1.54, 1.807) is 94.8 Å². The van der Waals surface area contributed by atoms with Crippen LogP contribution in [0.1, 0.15) is 33.4 Å². The minimum Gasteiger partial charge on any atom is -0.480 e. The molecule has 6 radical (unpaired) electrons. The summed E-state index contributed by atoms with van der Waals surface area (Å²) in [6.45, 7) is 22.6. The third-order valence-electron chi connectivity index (χ3n) is 19.3. The van der Waals surface area contributed by atoms with Crippen LogP contribution in [0.15, 0.2) is 146 Å². The van der Waals surface area contributed by atoms with Crippen LogP contribution in [0, 0.1) is 60.7 Å². The van der Waals surface area contributed by atoms with Crippen LogP contribution < -0.4 is 84.4 Å². The van der Waals surface area contributed by atoms with E-state index >= 15 is 0 Å². The van der Waals surface area contributed by atoms with Gasteiger partial charge >= 0.3 is 47.2 Å². The first-order valence-corrected chi connectivity index (χ1v) is 42.5. The van der Waals surface area contributed by atoms with Crippen LogP contribution in [-0.4, -0.2) is 347 Å². The van der Waals surface area contributed by atoms with E-state index in [0.29, 0.717) is 116 Å². The average Bonchev–Trinajstić information content (AvgIpc) is 1.80. The molecule has 1 amide bonds. The van der Waals surface area contributed by atoms with Crippen LogP contribution in [0.5, 0.6) is 0 Å². The Balaban J connectivity index is -0.000000776. The summed E-state index contributed by atoms with van der Waals surface area (Å²) in [4.78, 5) is 104. The second-order valence-corrected chi connectivity index (χ2v) is 30.2. The molecule has 56 heteroatoms. The topological polar surface area (TPSA) is 820 Å². The van der Waals surface area contributed by atoms with Crippen LogP contribution >= 0.6 is 0 Å². The maximum Gasteiger partial charge on any atom is 0.376 e. The predicted molar refractivity (Wildman–Crippen MR) is 528 cm³/mol. The van der Waals surface area contributed by atoms with Gasteiger partial charge in [0.1, 0.15) is 12.1 Å². The number of amides is 1. The lowest BCUT2D eigenvalue weighted by Gasteiger charge is -2.36. The number of carboxylic acids is 1. The third kappa shape index (κ3) is 61.3. The number of aliphatic hydroxyl groups excluding tert-OH is 1. The van der Waals surface area contributed by atoms with Crippen molar-refractivity contribution in [3.8, 4) is 0 Å². The molecule has 0 aliphatic carbocycles. The summed E-state index contributed by atoms with van der Waals surface area (Å²) in [6.07, 6.45) is 2.77. The standard InChI is InChI=1S/C21H45B4N7O6.C17H33N7O2.C10H12N2O4.C9H11N3O3.C9H13N3O2.C9H10N2O4.C3H8BNO.CH4O.2B.H3N/c1-22(33)26-9-13-30(14-10-27-23(2)34)18-21(17-19-5-7-20(8-6-19)32(37)38)31(15-11-28-24(3)35)16-12-29-25(4)36;18-5-9-22(10-6-19)14-17(23(11-7-20)12-8-21)13-15-1-3-16(4-2-15)24(25)26;1-16-10(13)9(11)6-7-2-4-8(5-3-7)12(14)15;10-8(9(11)13)5-6-1-3-7(4-2-6)12(14)15;10-6-8(11)5-7-1-3-9(4-2-7)12(13)14;10-8(9(12)13)5-6-1-3-7(4-2-6)11(14)15;1-4(6)5-2-3-5;1-2;;;/h5-8,21,26-29,33-36H,9-18H2,1-4H3;1-4,17H,5-14,18-21H2;2-5,9H,6,11H2,1H3;1-4,8H,5,10H2,(H2,11,13);1-4,8H,5-6,10-11H2;1-4,8H,5,10H2,(H,12,13);6H,2-3H2,1H3;2H,1H3;;;1H3. The molecule has 0 spiro atoms. The number of nitrogens with zero attached hydrogens (tertiary/aromatic N) is 11. The van der Waals surface area contributed by atoms with Gasteiger partial charge in [-0.15, -0.1) is 0 Å². The fourth-order valence-electron chi connectivity index (χ4n) is 12.2. The number of carboxylic acid groups (broad SMARTS) is 1. The van der Waals surface area contributed by atoms with Crippen molar-refractivity contribution in [2.75, 3.05) is 152 Å². The molecular weight excluding hydrogens is 1760 g/mol. The first-order chi connectivity index (χ1) is 62.5. The normalized spacial score (nSPS) is 12.2. The first kappa shape index (κ1) is 131. The smallest absolute Gasteiger partial charge is 0.376 e. The molecule has 6 unspecified atom stereocenters. The molecule has 744 valence electrons. The van der Waals surface area contributed by atoms with Crippen molar-refractivity contribution in [2.24, 2.45) is 57.3 Å². The van der Waals surface area contributed by atoms with E-state index in [9.17, 15) is 95.2 Å². The van der Waals surface area contributed by atoms with E-state index in [1.165, 1.54) is 79.9 Å². The van der Waals surface area contributed by atoms with Gasteiger partial charge in [-0.2, -0.15) is 0 Å². The zero-order valence-corrected chi connectivity index (χ0v) is 78.0. The highest BCUT2D eigenvalue weighted by Gasteiger charge is 2.28. The molecule has 1 aliphatic rings. The number of rotatable bonds is 53. The summed E-state index contributed by atoms with van der Waals surface area (Å²) in [5, 5.41) is 138. The molecule has 6 aromatic rings. The number of nitro benzene ring substituents is 6. The van der Waals surface area contributed by atoms with E-state index in [1.807, 2.05) is 16.9 Å². The van der Waals surface area contributed by atoms with Crippen molar-refractivity contribution >= 4 is 104 Å². The number of nitrogens with two attached hydrogens (primary N) is 10. The van der Waals surface area contributed by atoms with E-state index in [-0.39, 0.29) is 100 Å². The van der Waals surface area contributed by atoms with Crippen molar-refractivity contribution in [3.05, 3.63) is 240 Å². The Hall–Kier alpha value is -10.4. The highest BCUT2D eigenvalue weighted by molar-refractivity contribution is 6.46. The molecule has 49 nitrogen and oxygen atoms in total.